The van der Waals surface area contributed by atoms with E-state index in [4.69, 9.17) is 9.29 Å². The first-order valence-electron chi connectivity index (χ1n) is 6.89. The molecule has 0 bridgehead atoms. The molecule has 2 atom stereocenters. The Morgan fingerprint density at radius 1 is 1.43 bits per heavy atom. The predicted molar refractivity (Wildman–Crippen MR) is 78.4 cm³/mol. The second-order valence-electron chi connectivity index (χ2n) is 5.88. The fourth-order valence-corrected chi connectivity index (χ4v) is 3.15. The Labute approximate surface area is 125 Å². The molecule has 0 radical (unpaired) electrons. The lowest BCUT2D eigenvalue weighted by molar-refractivity contribution is -0.0450. The number of hydrogen-bond acceptors (Lipinski definition) is 4. The Morgan fingerprint density at radius 2 is 2.10 bits per heavy atom. The van der Waals surface area contributed by atoms with Gasteiger partial charge in [-0.3, -0.25) is 4.55 Å². The smallest absolute Gasteiger partial charge is 0.333 e. The van der Waals surface area contributed by atoms with E-state index in [1.54, 1.807) is 12.1 Å². The van der Waals surface area contributed by atoms with Gasteiger partial charge >= 0.3 is 10.3 Å². The van der Waals surface area contributed by atoms with Gasteiger partial charge in [-0.2, -0.15) is 13.1 Å². The fourth-order valence-electron chi connectivity index (χ4n) is 2.53. The first kappa shape index (κ1) is 16.2. The maximum absolute atomic E-state index is 11.1. The van der Waals surface area contributed by atoms with E-state index in [0.29, 0.717) is 12.2 Å². The first-order chi connectivity index (χ1) is 9.65. The van der Waals surface area contributed by atoms with E-state index in [-0.39, 0.29) is 0 Å². The number of fused-ring (bicyclic) bond motifs is 1. The van der Waals surface area contributed by atoms with E-state index < -0.39 is 28.1 Å². The summed E-state index contributed by atoms with van der Waals surface area (Å²) in [4.78, 5) is 0. The molecule has 1 heterocycles. The molecule has 21 heavy (non-hydrogen) atoms. The van der Waals surface area contributed by atoms with Crippen LogP contribution in [0.2, 0.25) is 0 Å². The highest BCUT2D eigenvalue weighted by Crippen LogP contribution is 2.43. The quantitative estimate of drug-likeness (QED) is 0.721. The Hall–Kier alpha value is -1.15. The molecule has 7 heteroatoms. The van der Waals surface area contributed by atoms with Crippen molar-refractivity contribution in [2.75, 3.05) is 0 Å². The molecule has 118 valence electrons. The number of ether oxygens (including phenoxy) is 1. The maximum atomic E-state index is 11.1. The van der Waals surface area contributed by atoms with Gasteiger partial charge in [0.2, 0.25) is 6.29 Å². The molecular formula is C14H21NO5S. The monoisotopic (exact) mass is 315 g/mol. The Kier molecular flexibility index (Phi) is 4.30. The van der Waals surface area contributed by atoms with Crippen molar-refractivity contribution >= 4 is 10.3 Å². The van der Waals surface area contributed by atoms with Gasteiger partial charge in [-0.1, -0.05) is 19.4 Å². The largest absolute Gasteiger partial charge is 0.464 e. The van der Waals surface area contributed by atoms with Crippen molar-refractivity contribution in [1.29, 1.82) is 0 Å². The summed E-state index contributed by atoms with van der Waals surface area (Å²) in [6.07, 6.45) is 0.386. The summed E-state index contributed by atoms with van der Waals surface area (Å²) >= 11 is 0. The molecule has 0 saturated carbocycles. The minimum atomic E-state index is -4.28. The molecule has 6 nitrogen and oxygen atoms in total. The number of hydrogen-bond donors (Lipinski definition) is 3. The molecule has 1 aromatic rings. The van der Waals surface area contributed by atoms with Gasteiger partial charge in [-0.25, -0.2) is 0 Å². The van der Waals surface area contributed by atoms with Gasteiger partial charge in [0.1, 0.15) is 5.75 Å². The molecule has 3 N–H and O–H groups in total. The van der Waals surface area contributed by atoms with Crippen molar-refractivity contribution in [3.05, 3.63) is 29.3 Å². The number of nitrogens with one attached hydrogen (secondary N) is 1. The highest BCUT2D eigenvalue weighted by molar-refractivity contribution is 7.83. The van der Waals surface area contributed by atoms with Crippen LogP contribution in [0.4, 0.5) is 0 Å². The summed E-state index contributed by atoms with van der Waals surface area (Å²) in [6.45, 7) is 5.65. The zero-order chi connectivity index (χ0) is 15.8. The van der Waals surface area contributed by atoms with Gasteiger partial charge in [-0.05, 0) is 38.0 Å². The van der Waals surface area contributed by atoms with Crippen LogP contribution in [-0.4, -0.2) is 24.4 Å². The minimum absolute atomic E-state index is 0.510. The normalized spacial score (nSPS) is 21.7. The van der Waals surface area contributed by atoms with Crippen molar-refractivity contribution in [3.63, 3.8) is 0 Å². The molecule has 0 amide bonds. The highest BCUT2D eigenvalue weighted by atomic mass is 32.2. The van der Waals surface area contributed by atoms with Gasteiger partial charge in [0.15, 0.2) is 0 Å². The average Bonchev–Trinajstić information content (AvgIpc) is 2.58. The molecule has 0 saturated heterocycles. The molecule has 0 aromatic heterocycles. The molecule has 0 spiro atoms. The summed E-state index contributed by atoms with van der Waals surface area (Å²) in [7, 11) is -4.28. The molecule has 0 fully saturated rings. The van der Waals surface area contributed by atoms with Crippen LogP contribution in [0.15, 0.2) is 18.2 Å². The summed E-state index contributed by atoms with van der Waals surface area (Å²) < 4.78 is 38.8. The van der Waals surface area contributed by atoms with Crippen LogP contribution in [0, 0.1) is 0 Å². The van der Waals surface area contributed by atoms with Gasteiger partial charge < -0.3 is 9.84 Å². The number of aliphatic hydroxyl groups is 1. The van der Waals surface area contributed by atoms with Crippen LogP contribution < -0.4 is 9.46 Å². The second kappa shape index (κ2) is 5.57. The van der Waals surface area contributed by atoms with Crippen molar-refractivity contribution in [2.45, 2.75) is 51.4 Å². The Morgan fingerprint density at radius 3 is 2.67 bits per heavy atom. The SMILES string of the molecule is CCCC(NS(=O)(=O)O)c1ccc2c(c1)C(C)(C)C(O)O2. The van der Waals surface area contributed by atoms with Crippen molar-refractivity contribution in [2.24, 2.45) is 0 Å². The van der Waals surface area contributed by atoms with Crippen LogP contribution in [0.3, 0.4) is 0 Å². The average molecular weight is 315 g/mol. The topological polar surface area (TPSA) is 95.9 Å². The van der Waals surface area contributed by atoms with Crippen LogP contribution >= 0.6 is 0 Å². The molecule has 1 aromatic carbocycles. The second-order valence-corrected chi connectivity index (χ2v) is 7.07. The number of rotatable bonds is 5. The third-order valence-electron chi connectivity index (χ3n) is 3.82. The van der Waals surface area contributed by atoms with Crippen LogP contribution in [0.5, 0.6) is 5.75 Å². The lowest BCUT2D eigenvalue weighted by atomic mass is 9.84. The lowest BCUT2D eigenvalue weighted by Crippen LogP contribution is -2.32. The lowest BCUT2D eigenvalue weighted by Gasteiger charge is -2.22. The molecule has 2 rings (SSSR count). The third kappa shape index (κ3) is 3.37. The van der Waals surface area contributed by atoms with E-state index >= 15 is 0 Å². The zero-order valence-electron chi connectivity index (χ0n) is 12.3. The summed E-state index contributed by atoms with van der Waals surface area (Å²) in [6, 6.07) is 4.77. The van der Waals surface area contributed by atoms with E-state index in [2.05, 4.69) is 4.72 Å². The summed E-state index contributed by atoms with van der Waals surface area (Å²) in [5.74, 6) is 0.596. The van der Waals surface area contributed by atoms with E-state index in [1.807, 2.05) is 26.8 Å². The van der Waals surface area contributed by atoms with Crippen LogP contribution in [0.1, 0.15) is 50.8 Å². The standard InChI is InChI=1S/C14H21NO5S/c1-4-5-11(15-21(17,18)19)9-6-7-12-10(8-9)14(2,3)13(16)20-12/h6-8,11,13,15-16H,4-5H2,1-3H3,(H,17,18,19). The molecule has 1 aliphatic heterocycles. The zero-order valence-corrected chi connectivity index (χ0v) is 13.1. The summed E-state index contributed by atoms with van der Waals surface area (Å²) in [5.41, 5.74) is 0.991. The maximum Gasteiger partial charge on any atom is 0.333 e. The predicted octanol–water partition coefficient (Wildman–Crippen LogP) is 1.91. The Bertz CT molecular complexity index is 626. The highest BCUT2D eigenvalue weighted by Gasteiger charge is 2.40. The van der Waals surface area contributed by atoms with E-state index in [0.717, 1.165) is 17.5 Å². The van der Waals surface area contributed by atoms with Crippen LogP contribution in [-0.2, 0) is 15.7 Å². The van der Waals surface area contributed by atoms with Crippen molar-refractivity contribution < 1.29 is 22.8 Å². The third-order valence-corrected chi connectivity index (χ3v) is 4.41. The molecule has 1 aliphatic rings. The van der Waals surface area contributed by atoms with Gasteiger partial charge in [-0.15, -0.1) is 0 Å². The number of benzene rings is 1. The Balaban J connectivity index is 2.38. The molecule has 0 aliphatic carbocycles. The van der Waals surface area contributed by atoms with Gasteiger partial charge in [0, 0.05) is 11.6 Å². The van der Waals surface area contributed by atoms with E-state index in [1.165, 1.54) is 0 Å². The minimum Gasteiger partial charge on any atom is -0.464 e. The summed E-state index contributed by atoms with van der Waals surface area (Å²) in [5, 5.41) is 9.92. The fraction of sp³-hybridized carbons (Fsp3) is 0.571. The van der Waals surface area contributed by atoms with Crippen molar-refractivity contribution in [3.8, 4) is 5.75 Å². The van der Waals surface area contributed by atoms with Gasteiger partial charge in [0.25, 0.3) is 0 Å². The molecule has 2 unspecified atom stereocenters. The number of aliphatic hydroxyl groups excluding tert-OH is 1. The van der Waals surface area contributed by atoms with Crippen LogP contribution in [0.25, 0.3) is 0 Å². The first-order valence-corrected chi connectivity index (χ1v) is 8.33. The van der Waals surface area contributed by atoms with Crippen molar-refractivity contribution in [1.82, 2.24) is 4.72 Å². The molecular weight excluding hydrogens is 294 g/mol. The van der Waals surface area contributed by atoms with Gasteiger partial charge in [0.05, 0.1) is 5.41 Å². The van der Waals surface area contributed by atoms with E-state index in [9.17, 15) is 13.5 Å².